The van der Waals surface area contributed by atoms with Crippen LogP contribution in [0, 0.1) is 0 Å². The second-order valence-corrected chi connectivity index (χ2v) is 7.52. The molecular formula is C24H27N3O5. The number of likely N-dealkylation sites (tertiary alicyclic amines) is 1. The Morgan fingerprint density at radius 1 is 1.12 bits per heavy atom. The number of amides is 1. The van der Waals surface area contributed by atoms with E-state index in [1.54, 1.807) is 26.4 Å². The smallest absolute Gasteiger partial charge is 0.249 e. The molecule has 0 saturated carbocycles. The third-order valence-electron chi connectivity index (χ3n) is 5.53. The summed E-state index contributed by atoms with van der Waals surface area (Å²) < 4.78 is 21.7. The first-order valence-corrected chi connectivity index (χ1v) is 10.7. The third kappa shape index (κ3) is 4.54. The zero-order chi connectivity index (χ0) is 22.5. The van der Waals surface area contributed by atoms with Crippen molar-refractivity contribution in [3.63, 3.8) is 0 Å². The summed E-state index contributed by atoms with van der Waals surface area (Å²) in [7, 11) is 3.17. The van der Waals surface area contributed by atoms with Gasteiger partial charge in [0.15, 0.2) is 11.5 Å². The second-order valence-electron chi connectivity index (χ2n) is 7.52. The molecule has 1 amide bonds. The Balaban J connectivity index is 1.48. The van der Waals surface area contributed by atoms with Gasteiger partial charge in [-0.05, 0) is 55.7 Å². The van der Waals surface area contributed by atoms with Crippen LogP contribution in [0.5, 0.6) is 17.2 Å². The number of benzene rings is 2. The maximum atomic E-state index is 13.0. The number of hydrogen-bond acceptors (Lipinski definition) is 7. The number of ether oxygens (including phenoxy) is 3. The fraction of sp³-hybridized carbons (Fsp3) is 0.375. The Morgan fingerprint density at radius 3 is 2.62 bits per heavy atom. The van der Waals surface area contributed by atoms with Gasteiger partial charge in [0.1, 0.15) is 11.8 Å². The highest BCUT2D eigenvalue weighted by atomic mass is 16.5. The van der Waals surface area contributed by atoms with Gasteiger partial charge in [-0.2, -0.15) is 4.98 Å². The van der Waals surface area contributed by atoms with Crippen LogP contribution in [-0.2, 0) is 11.2 Å². The van der Waals surface area contributed by atoms with Crippen LogP contribution in [0.25, 0.3) is 11.4 Å². The minimum atomic E-state index is -0.216. The lowest BCUT2D eigenvalue weighted by molar-refractivity contribution is -0.131. The highest BCUT2D eigenvalue weighted by Crippen LogP contribution is 2.35. The second kappa shape index (κ2) is 9.72. The maximum Gasteiger partial charge on any atom is 0.249 e. The van der Waals surface area contributed by atoms with Crippen LogP contribution in [0.1, 0.15) is 37.3 Å². The number of hydrogen-bond donors (Lipinski definition) is 0. The summed E-state index contributed by atoms with van der Waals surface area (Å²) in [5.74, 6) is 2.96. The van der Waals surface area contributed by atoms with Crippen molar-refractivity contribution >= 4 is 5.91 Å². The van der Waals surface area contributed by atoms with Crippen molar-refractivity contribution in [1.82, 2.24) is 15.0 Å². The third-order valence-corrected chi connectivity index (χ3v) is 5.53. The summed E-state index contributed by atoms with van der Waals surface area (Å²) in [6.07, 6.45) is 2.01. The lowest BCUT2D eigenvalue weighted by Gasteiger charge is -2.22. The first-order valence-electron chi connectivity index (χ1n) is 10.7. The Morgan fingerprint density at radius 2 is 1.91 bits per heavy atom. The standard InChI is InChI=1S/C24H27N3O5/c1-4-31-18-10-7-16(8-11-18)14-22(28)27-13-5-6-19(27)24-25-23(26-32-24)17-9-12-20(29-2)21(15-17)30-3/h7-12,15,19H,4-6,13-14H2,1-3H3/t19-/m0/s1. The van der Waals surface area contributed by atoms with Crippen molar-refractivity contribution in [2.45, 2.75) is 32.2 Å². The highest BCUT2D eigenvalue weighted by molar-refractivity contribution is 5.79. The summed E-state index contributed by atoms with van der Waals surface area (Å²) in [6, 6.07) is 12.9. The van der Waals surface area contributed by atoms with Gasteiger partial charge in [-0.1, -0.05) is 17.3 Å². The number of methoxy groups -OCH3 is 2. The Kier molecular flexibility index (Phi) is 6.58. The van der Waals surface area contributed by atoms with Gasteiger partial charge in [0.05, 0.1) is 27.2 Å². The fourth-order valence-electron chi connectivity index (χ4n) is 3.93. The molecule has 1 atom stereocenters. The summed E-state index contributed by atoms with van der Waals surface area (Å²) >= 11 is 0. The van der Waals surface area contributed by atoms with E-state index in [1.807, 2.05) is 42.2 Å². The molecule has 0 aliphatic carbocycles. The van der Waals surface area contributed by atoms with Crippen molar-refractivity contribution in [2.24, 2.45) is 0 Å². The molecule has 4 rings (SSSR count). The van der Waals surface area contributed by atoms with E-state index in [4.69, 9.17) is 18.7 Å². The molecule has 2 aromatic carbocycles. The van der Waals surface area contributed by atoms with Gasteiger partial charge in [-0.15, -0.1) is 0 Å². The number of carbonyl (C=O) groups is 1. The molecule has 0 radical (unpaired) electrons. The quantitative estimate of drug-likeness (QED) is 0.525. The average Bonchev–Trinajstić information content (AvgIpc) is 3.50. The summed E-state index contributed by atoms with van der Waals surface area (Å²) in [4.78, 5) is 19.4. The fourth-order valence-corrected chi connectivity index (χ4v) is 3.93. The zero-order valence-corrected chi connectivity index (χ0v) is 18.5. The summed E-state index contributed by atoms with van der Waals surface area (Å²) in [5, 5.41) is 4.13. The first kappa shape index (κ1) is 21.7. The minimum Gasteiger partial charge on any atom is -0.494 e. The molecule has 1 aliphatic rings. The molecule has 3 aromatic rings. The molecule has 2 heterocycles. The molecule has 0 bridgehead atoms. The molecule has 1 aliphatic heterocycles. The van der Waals surface area contributed by atoms with Gasteiger partial charge in [0.25, 0.3) is 0 Å². The molecule has 1 fully saturated rings. The monoisotopic (exact) mass is 437 g/mol. The van der Waals surface area contributed by atoms with Crippen molar-refractivity contribution < 1.29 is 23.5 Å². The molecule has 0 unspecified atom stereocenters. The van der Waals surface area contributed by atoms with Crippen LogP contribution < -0.4 is 14.2 Å². The lowest BCUT2D eigenvalue weighted by Crippen LogP contribution is -2.32. The van der Waals surface area contributed by atoms with Crippen molar-refractivity contribution in [3.05, 3.63) is 53.9 Å². The van der Waals surface area contributed by atoms with Crippen LogP contribution in [-0.4, -0.2) is 48.3 Å². The molecule has 1 saturated heterocycles. The molecule has 168 valence electrons. The van der Waals surface area contributed by atoms with E-state index < -0.39 is 0 Å². The van der Waals surface area contributed by atoms with Crippen molar-refractivity contribution in [2.75, 3.05) is 27.4 Å². The molecule has 8 heteroatoms. The average molecular weight is 437 g/mol. The highest BCUT2D eigenvalue weighted by Gasteiger charge is 2.34. The van der Waals surface area contributed by atoms with E-state index in [1.165, 1.54) is 0 Å². The van der Waals surface area contributed by atoms with Crippen LogP contribution in [0.2, 0.25) is 0 Å². The molecule has 0 N–H and O–H groups in total. The van der Waals surface area contributed by atoms with Gasteiger partial charge in [-0.3, -0.25) is 4.79 Å². The number of nitrogens with zero attached hydrogens (tertiary/aromatic N) is 3. The zero-order valence-electron chi connectivity index (χ0n) is 18.5. The van der Waals surface area contributed by atoms with Crippen LogP contribution in [0.3, 0.4) is 0 Å². The van der Waals surface area contributed by atoms with Crippen molar-refractivity contribution in [3.8, 4) is 28.6 Å². The van der Waals surface area contributed by atoms with Gasteiger partial charge in [0, 0.05) is 12.1 Å². The Hall–Kier alpha value is -3.55. The molecule has 1 aromatic heterocycles. The number of carbonyl (C=O) groups excluding carboxylic acids is 1. The van der Waals surface area contributed by atoms with E-state index in [9.17, 15) is 4.79 Å². The van der Waals surface area contributed by atoms with Crippen LogP contribution in [0.4, 0.5) is 0 Å². The Bertz CT molecular complexity index is 1060. The maximum absolute atomic E-state index is 13.0. The molecule has 0 spiro atoms. The van der Waals surface area contributed by atoms with E-state index in [-0.39, 0.29) is 11.9 Å². The SMILES string of the molecule is CCOc1ccc(CC(=O)N2CCC[C@H]2c2nc(-c3ccc(OC)c(OC)c3)no2)cc1. The van der Waals surface area contributed by atoms with Gasteiger partial charge in [0.2, 0.25) is 17.6 Å². The predicted molar refractivity (Wildman–Crippen MR) is 118 cm³/mol. The van der Waals surface area contributed by atoms with Crippen LogP contribution >= 0.6 is 0 Å². The molecular weight excluding hydrogens is 410 g/mol. The predicted octanol–water partition coefficient (Wildman–Crippen LogP) is 4.06. The topological polar surface area (TPSA) is 86.9 Å². The first-order chi connectivity index (χ1) is 15.6. The van der Waals surface area contributed by atoms with E-state index >= 15 is 0 Å². The Labute approximate surface area is 187 Å². The van der Waals surface area contributed by atoms with Gasteiger partial charge < -0.3 is 23.6 Å². The molecule has 8 nitrogen and oxygen atoms in total. The van der Waals surface area contributed by atoms with Gasteiger partial charge >= 0.3 is 0 Å². The molecule has 32 heavy (non-hydrogen) atoms. The largest absolute Gasteiger partial charge is 0.494 e. The van der Waals surface area contributed by atoms with Gasteiger partial charge in [-0.25, -0.2) is 0 Å². The van der Waals surface area contributed by atoms with E-state index in [0.29, 0.717) is 42.8 Å². The minimum absolute atomic E-state index is 0.0440. The lowest BCUT2D eigenvalue weighted by atomic mass is 10.1. The van der Waals surface area contributed by atoms with E-state index in [2.05, 4.69) is 10.1 Å². The summed E-state index contributed by atoms with van der Waals surface area (Å²) in [5.41, 5.74) is 1.70. The van der Waals surface area contributed by atoms with E-state index in [0.717, 1.165) is 29.7 Å². The van der Waals surface area contributed by atoms with Crippen LogP contribution in [0.15, 0.2) is 47.0 Å². The number of rotatable bonds is 8. The van der Waals surface area contributed by atoms with Crippen molar-refractivity contribution in [1.29, 1.82) is 0 Å². The summed E-state index contributed by atoms with van der Waals surface area (Å²) in [6.45, 7) is 3.23. The number of aromatic nitrogens is 2. The normalized spacial score (nSPS) is 15.6.